The van der Waals surface area contributed by atoms with Crippen LogP contribution in [0, 0.1) is 5.82 Å². The van der Waals surface area contributed by atoms with Crippen molar-refractivity contribution in [3.63, 3.8) is 0 Å². The Bertz CT molecular complexity index is 1160. The molecule has 0 radical (unpaired) electrons. The van der Waals surface area contributed by atoms with Crippen molar-refractivity contribution >= 4 is 29.3 Å². The van der Waals surface area contributed by atoms with Crippen molar-refractivity contribution < 1.29 is 23.6 Å². The Morgan fingerprint density at radius 2 is 1.76 bits per heavy atom. The van der Waals surface area contributed by atoms with Crippen molar-refractivity contribution in [1.82, 2.24) is 20.1 Å². The Morgan fingerprint density at radius 1 is 1.00 bits per heavy atom. The molecule has 0 aliphatic carbocycles. The summed E-state index contributed by atoms with van der Waals surface area (Å²) >= 11 is 0. The molecule has 3 aliphatic heterocycles. The number of benzene rings is 1. The third kappa shape index (κ3) is 3.86. The number of fused-ring (bicyclic) bond motifs is 1. The minimum atomic E-state index is -0.972. The molecule has 1 aromatic heterocycles. The maximum atomic E-state index is 14.0. The van der Waals surface area contributed by atoms with E-state index in [9.17, 15) is 23.6 Å². The van der Waals surface area contributed by atoms with E-state index in [0.29, 0.717) is 38.4 Å². The molecule has 1 aromatic carbocycles. The van der Waals surface area contributed by atoms with Crippen LogP contribution in [0.5, 0.6) is 0 Å². The molecule has 3 aliphatic rings. The highest BCUT2D eigenvalue weighted by atomic mass is 19.1. The van der Waals surface area contributed by atoms with Crippen molar-refractivity contribution in [3.05, 3.63) is 59.2 Å². The number of pyridine rings is 1. The number of imide groups is 2. The predicted molar refractivity (Wildman–Crippen MR) is 115 cm³/mol. The number of carbonyl (C=O) groups is 4. The van der Waals surface area contributed by atoms with Gasteiger partial charge in [-0.15, -0.1) is 0 Å². The van der Waals surface area contributed by atoms with Gasteiger partial charge in [-0.1, -0.05) is 6.07 Å². The fourth-order valence-corrected chi connectivity index (χ4v) is 4.65. The first-order valence-electron chi connectivity index (χ1n) is 10.8. The normalized spacial score (nSPS) is 21.4. The fourth-order valence-electron chi connectivity index (χ4n) is 4.65. The molecule has 2 aromatic rings. The summed E-state index contributed by atoms with van der Waals surface area (Å²) in [6, 6.07) is 5.84. The summed E-state index contributed by atoms with van der Waals surface area (Å²) in [6.45, 7) is 3.33. The van der Waals surface area contributed by atoms with Gasteiger partial charge in [0, 0.05) is 45.3 Å². The molecule has 0 bridgehead atoms. The molecule has 4 amide bonds. The SMILES string of the molecule is O=C1CCC(N2C(=O)c3ccc(CN4CCN(c5ccncc5F)CC4)cc3C2=O)C(=O)N1. The number of hydrogen-bond acceptors (Lipinski definition) is 7. The summed E-state index contributed by atoms with van der Waals surface area (Å²) in [5.41, 5.74) is 1.97. The lowest BCUT2D eigenvalue weighted by molar-refractivity contribution is -0.136. The third-order valence-corrected chi connectivity index (χ3v) is 6.37. The molecular formula is C23H22FN5O4. The van der Waals surface area contributed by atoms with E-state index in [0.717, 1.165) is 10.5 Å². The van der Waals surface area contributed by atoms with Gasteiger partial charge in [0.05, 0.1) is 23.0 Å². The average molecular weight is 451 g/mol. The van der Waals surface area contributed by atoms with E-state index in [-0.39, 0.29) is 29.8 Å². The second kappa shape index (κ2) is 8.36. The van der Waals surface area contributed by atoms with Crippen LogP contribution in [0.2, 0.25) is 0 Å². The molecule has 0 spiro atoms. The zero-order valence-corrected chi connectivity index (χ0v) is 17.8. The third-order valence-electron chi connectivity index (χ3n) is 6.37. The van der Waals surface area contributed by atoms with Gasteiger partial charge >= 0.3 is 0 Å². The van der Waals surface area contributed by atoms with E-state index >= 15 is 0 Å². The summed E-state index contributed by atoms with van der Waals surface area (Å²) in [7, 11) is 0. The minimum Gasteiger partial charge on any atom is -0.367 e. The Kier molecular flexibility index (Phi) is 5.37. The fraction of sp³-hybridized carbons (Fsp3) is 0.348. The molecular weight excluding hydrogens is 429 g/mol. The van der Waals surface area contributed by atoms with Crippen LogP contribution < -0.4 is 10.2 Å². The van der Waals surface area contributed by atoms with Gasteiger partial charge in [-0.05, 0) is 30.2 Å². The lowest BCUT2D eigenvalue weighted by Crippen LogP contribution is -2.54. The van der Waals surface area contributed by atoms with Crippen molar-refractivity contribution in [2.45, 2.75) is 25.4 Å². The van der Waals surface area contributed by atoms with Gasteiger partial charge in [0.25, 0.3) is 11.8 Å². The van der Waals surface area contributed by atoms with Gasteiger partial charge in [-0.25, -0.2) is 4.39 Å². The highest BCUT2D eigenvalue weighted by Crippen LogP contribution is 2.29. The molecule has 0 saturated carbocycles. The van der Waals surface area contributed by atoms with Gasteiger partial charge in [0.15, 0.2) is 5.82 Å². The van der Waals surface area contributed by atoms with Crippen LogP contribution in [0.4, 0.5) is 10.1 Å². The summed E-state index contributed by atoms with van der Waals surface area (Å²) in [4.78, 5) is 58.4. The van der Waals surface area contributed by atoms with Crippen LogP contribution in [-0.2, 0) is 16.1 Å². The van der Waals surface area contributed by atoms with E-state index in [1.54, 1.807) is 24.4 Å². The van der Waals surface area contributed by atoms with E-state index < -0.39 is 29.7 Å². The molecule has 5 rings (SSSR count). The number of nitrogens with zero attached hydrogens (tertiary/aromatic N) is 4. The van der Waals surface area contributed by atoms with Crippen LogP contribution in [0.15, 0.2) is 36.7 Å². The Labute approximate surface area is 189 Å². The first-order chi connectivity index (χ1) is 15.9. The lowest BCUT2D eigenvalue weighted by Gasteiger charge is -2.36. The Morgan fingerprint density at radius 3 is 2.48 bits per heavy atom. The number of nitrogens with one attached hydrogen (secondary N) is 1. The van der Waals surface area contributed by atoms with Crippen LogP contribution in [-0.4, -0.2) is 70.6 Å². The molecule has 2 saturated heterocycles. The number of halogens is 1. The van der Waals surface area contributed by atoms with Crippen molar-refractivity contribution in [2.24, 2.45) is 0 Å². The number of anilines is 1. The number of carbonyl (C=O) groups excluding carboxylic acids is 4. The van der Waals surface area contributed by atoms with E-state index in [4.69, 9.17) is 0 Å². The number of piperidine rings is 1. The van der Waals surface area contributed by atoms with Crippen LogP contribution >= 0.6 is 0 Å². The van der Waals surface area contributed by atoms with Gasteiger partial charge in [0.1, 0.15) is 6.04 Å². The smallest absolute Gasteiger partial charge is 0.262 e. The quantitative estimate of drug-likeness (QED) is 0.691. The monoisotopic (exact) mass is 451 g/mol. The first-order valence-corrected chi connectivity index (χ1v) is 10.8. The molecule has 2 fully saturated rings. The molecule has 1 atom stereocenters. The van der Waals surface area contributed by atoms with Gasteiger partial charge < -0.3 is 4.90 Å². The molecule has 170 valence electrons. The van der Waals surface area contributed by atoms with Crippen molar-refractivity contribution in [3.8, 4) is 0 Å². The number of amides is 4. The Hall–Kier alpha value is -3.66. The molecule has 1 N–H and O–H groups in total. The van der Waals surface area contributed by atoms with Gasteiger partial charge in [0.2, 0.25) is 11.8 Å². The second-order valence-electron chi connectivity index (χ2n) is 8.42. The average Bonchev–Trinajstić information content (AvgIpc) is 3.05. The van der Waals surface area contributed by atoms with E-state index in [1.165, 1.54) is 6.20 Å². The molecule has 4 heterocycles. The standard InChI is InChI=1S/C23H22FN5O4/c24-17-12-25-6-5-18(17)28-9-7-27(8-10-28)13-14-1-2-15-16(11-14)23(33)29(22(15)32)19-3-4-20(30)26-21(19)31/h1-2,5-6,11-12,19H,3-4,7-10,13H2,(H,26,30,31). The lowest BCUT2D eigenvalue weighted by atomic mass is 10.0. The zero-order valence-electron chi connectivity index (χ0n) is 17.8. The zero-order chi connectivity index (χ0) is 23.1. The summed E-state index contributed by atoms with van der Waals surface area (Å²) in [6.07, 6.45) is 3.00. The van der Waals surface area contributed by atoms with Crippen LogP contribution in [0.25, 0.3) is 0 Å². The summed E-state index contributed by atoms with van der Waals surface area (Å²) in [5, 5.41) is 2.20. The van der Waals surface area contributed by atoms with Crippen LogP contribution in [0.1, 0.15) is 39.1 Å². The molecule has 33 heavy (non-hydrogen) atoms. The molecule has 10 heteroatoms. The number of rotatable bonds is 4. The van der Waals surface area contributed by atoms with Crippen LogP contribution in [0.3, 0.4) is 0 Å². The Balaban J connectivity index is 1.26. The predicted octanol–water partition coefficient (Wildman–Crippen LogP) is 0.944. The maximum Gasteiger partial charge on any atom is 0.262 e. The highest BCUT2D eigenvalue weighted by Gasteiger charge is 2.44. The van der Waals surface area contributed by atoms with E-state index in [2.05, 4.69) is 15.2 Å². The second-order valence-corrected chi connectivity index (χ2v) is 8.42. The minimum absolute atomic E-state index is 0.0877. The highest BCUT2D eigenvalue weighted by molar-refractivity contribution is 6.23. The number of piperazine rings is 1. The summed E-state index contributed by atoms with van der Waals surface area (Å²) < 4.78 is 14.0. The largest absolute Gasteiger partial charge is 0.367 e. The number of aromatic nitrogens is 1. The topological polar surface area (TPSA) is 103 Å². The van der Waals surface area contributed by atoms with Crippen molar-refractivity contribution in [1.29, 1.82) is 0 Å². The van der Waals surface area contributed by atoms with Gasteiger partial charge in [-0.2, -0.15) is 0 Å². The molecule has 9 nitrogen and oxygen atoms in total. The first kappa shape index (κ1) is 21.2. The molecule has 1 unspecified atom stereocenters. The maximum absolute atomic E-state index is 14.0. The number of hydrogen-bond donors (Lipinski definition) is 1. The van der Waals surface area contributed by atoms with Crippen molar-refractivity contribution in [2.75, 3.05) is 31.1 Å². The summed E-state index contributed by atoms with van der Waals surface area (Å²) in [5.74, 6) is -2.38. The van der Waals surface area contributed by atoms with Gasteiger partial charge in [-0.3, -0.25) is 39.3 Å². The van der Waals surface area contributed by atoms with E-state index in [1.807, 2.05) is 11.0 Å².